The molecule has 0 atom stereocenters. The number of rotatable bonds is 6. The van der Waals surface area contributed by atoms with Gasteiger partial charge in [0.05, 0.1) is 29.0 Å². The van der Waals surface area contributed by atoms with Crippen molar-refractivity contribution in [2.45, 2.75) is 25.4 Å². The van der Waals surface area contributed by atoms with Crippen LogP contribution >= 0.6 is 0 Å². The number of amides is 1. The molecular weight excluding hydrogens is 323 g/mol. The smallest absolute Gasteiger partial charge is 0.256 e. The molecule has 1 aliphatic heterocycles. The SMILES string of the molecule is CN(C)CCCOC1CCN(C(=O)c2cc3nc[nH]c3cc2F)CC1. The van der Waals surface area contributed by atoms with Gasteiger partial charge in [-0.25, -0.2) is 9.37 Å². The Hall–Kier alpha value is -1.99. The number of likely N-dealkylation sites (tertiary alicyclic amines) is 1. The number of nitrogens with one attached hydrogen (secondary N) is 1. The molecule has 1 aromatic carbocycles. The van der Waals surface area contributed by atoms with Crippen molar-refractivity contribution < 1.29 is 13.9 Å². The van der Waals surface area contributed by atoms with Crippen LogP contribution in [0.4, 0.5) is 4.39 Å². The molecule has 0 unspecified atom stereocenters. The van der Waals surface area contributed by atoms with Gasteiger partial charge < -0.3 is 19.5 Å². The molecule has 3 rings (SSSR count). The minimum atomic E-state index is -0.510. The second-order valence-electron chi connectivity index (χ2n) is 6.77. The molecule has 1 aliphatic rings. The van der Waals surface area contributed by atoms with Gasteiger partial charge in [0.1, 0.15) is 5.82 Å². The molecule has 1 N–H and O–H groups in total. The maximum absolute atomic E-state index is 14.2. The Balaban J connectivity index is 1.53. The van der Waals surface area contributed by atoms with Crippen molar-refractivity contribution in [1.29, 1.82) is 0 Å². The molecule has 136 valence electrons. The van der Waals surface area contributed by atoms with Crippen LogP contribution in [-0.2, 0) is 4.74 Å². The van der Waals surface area contributed by atoms with E-state index in [0.717, 1.165) is 32.4 Å². The van der Waals surface area contributed by atoms with Crippen molar-refractivity contribution in [3.8, 4) is 0 Å². The van der Waals surface area contributed by atoms with Crippen LogP contribution in [0, 0.1) is 5.82 Å². The van der Waals surface area contributed by atoms with Gasteiger partial charge in [0, 0.05) is 25.8 Å². The third-order valence-corrected chi connectivity index (χ3v) is 4.57. The van der Waals surface area contributed by atoms with Crippen LogP contribution < -0.4 is 0 Å². The lowest BCUT2D eigenvalue weighted by atomic mass is 10.1. The number of imidazole rings is 1. The summed E-state index contributed by atoms with van der Waals surface area (Å²) in [4.78, 5) is 23.4. The van der Waals surface area contributed by atoms with E-state index in [1.165, 1.54) is 18.5 Å². The lowest BCUT2D eigenvalue weighted by Crippen LogP contribution is -2.41. The Bertz CT molecular complexity index is 723. The lowest BCUT2D eigenvalue weighted by Gasteiger charge is -2.32. The summed E-state index contributed by atoms with van der Waals surface area (Å²) in [5.74, 6) is -0.780. The lowest BCUT2D eigenvalue weighted by molar-refractivity contribution is 0.00624. The fourth-order valence-corrected chi connectivity index (χ4v) is 3.15. The fraction of sp³-hybridized carbons (Fsp3) is 0.556. The number of carbonyl (C=O) groups is 1. The number of benzene rings is 1. The van der Waals surface area contributed by atoms with Gasteiger partial charge in [-0.05, 0) is 46.0 Å². The zero-order chi connectivity index (χ0) is 17.8. The Morgan fingerprint density at radius 2 is 2.16 bits per heavy atom. The maximum Gasteiger partial charge on any atom is 0.256 e. The minimum absolute atomic E-state index is 0.0879. The highest BCUT2D eigenvalue weighted by Gasteiger charge is 2.26. The van der Waals surface area contributed by atoms with Gasteiger partial charge in [0.15, 0.2) is 0 Å². The third-order valence-electron chi connectivity index (χ3n) is 4.57. The van der Waals surface area contributed by atoms with Crippen molar-refractivity contribution in [3.63, 3.8) is 0 Å². The van der Waals surface area contributed by atoms with Crippen LogP contribution in [0.3, 0.4) is 0 Å². The number of H-pyrrole nitrogens is 1. The van der Waals surface area contributed by atoms with Crippen molar-refractivity contribution in [3.05, 3.63) is 29.8 Å². The average Bonchev–Trinajstić information content (AvgIpc) is 3.05. The van der Waals surface area contributed by atoms with Gasteiger partial charge in [-0.15, -0.1) is 0 Å². The standard InChI is InChI=1S/C18H25FN4O2/c1-22(2)6-3-9-25-13-4-7-23(8-5-13)18(24)14-10-16-17(11-15(14)19)21-12-20-16/h10-13H,3-9H2,1-2H3,(H,20,21). The van der Waals surface area contributed by atoms with Gasteiger partial charge in [-0.3, -0.25) is 4.79 Å². The molecule has 0 spiro atoms. The van der Waals surface area contributed by atoms with E-state index >= 15 is 0 Å². The topological polar surface area (TPSA) is 61.5 Å². The second kappa shape index (κ2) is 7.93. The first-order valence-electron chi connectivity index (χ1n) is 8.73. The molecule has 1 fully saturated rings. The summed E-state index contributed by atoms with van der Waals surface area (Å²) in [5, 5.41) is 0. The molecular formula is C18H25FN4O2. The predicted octanol–water partition coefficient (Wildman–Crippen LogP) is 2.27. The number of carbonyl (C=O) groups excluding carboxylic acids is 1. The number of aromatic nitrogens is 2. The van der Waals surface area contributed by atoms with E-state index < -0.39 is 5.82 Å². The van der Waals surface area contributed by atoms with Crippen molar-refractivity contribution in [2.75, 3.05) is 40.3 Å². The Morgan fingerprint density at radius 3 is 2.88 bits per heavy atom. The number of aromatic amines is 1. The summed E-state index contributed by atoms with van der Waals surface area (Å²) in [5.41, 5.74) is 1.28. The summed E-state index contributed by atoms with van der Waals surface area (Å²) in [7, 11) is 4.09. The number of hydrogen-bond donors (Lipinski definition) is 1. The molecule has 0 radical (unpaired) electrons. The van der Waals surface area contributed by atoms with E-state index in [4.69, 9.17) is 4.74 Å². The summed E-state index contributed by atoms with van der Waals surface area (Å²) < 4.78 is 20.1. The zero-order valence-corrected chi connectivity index (χ0v) is 14.8. The number of fused-ring (bicyclic) bond motifs is 1. The summed E-state index contributed by atoms with van der Waals surface area (Å²) >= 11 is 0. The highest BCUT2D eigenvalue weighted by atomic mass is 19.1. The Labute approximate surface area is 147 Å². The number of nitrogens with zero attached hydrogens (tertiary/aromatic N) is 3. The molecule has 1 amide bonds. The highest BCUT2D eigenvalue weighted by Crippen LogP contribution is 2.21. The normalized spacial score (nSPS) is 16.1. The maximum atomic E-state index is 14.2. The quantitative estimate of drug-likeness (QED) is 0.814. The average molecular weight is 348 g/mol. The minimum Gasteiger partial charge on any atom is -0.378 e. The molecule has 7 heteroatoms. The first kappa shape index (κ1) is 17.8. The summed E-state index contributed by atoms with van der Waals surface area (Å²) in [6.07, 6.45) is 4.27. The highest BCUT2D eigenvalue weighted by molar-refractivity contribution is 5.97. The van der Waals surface area contributed by atoms with Gasteiger partial charge >= 0.3 is 0 Å². The van der Waals surface area contributed by atoms with Crippen LogP contribution in [0.5, 0.6) is 0 Å². The molecule has 1 aromatic heterocycles. The predicted molar refractivity (Wildman–Crippen MR) is 94.1 cm³/mol. The summed E-state index contributed by atoms with van der Waals surface area (Å²) in [6, 6.07) is 2.85. The number of ether oxygens (including phenoxy) is 1. The second-order valence-corrected chi connectivity index (χ2v) is 6.77. The van der Waals surface area contributed by atoms with E-state index in [0.29, 0.717) is 24.1 Å². The number of hydrogen-bond acceptors (Lipinski definition) is 4. The van der Waals surface area contributed by atoms with Crippen molar-refractivity contribution in [1.82, 2.24) is 19.8 Å². The molecule has 25 heavy (non-hydrogen) atoms. The van der Waals surface area contributed by atoms with Crippen LogP contribution in [0.1, 0.15) is 29.6 Å². The van der Waals surface area contributed by atoms with Crippen molar-refractivity contribution >= 4 is 16.9 Å². The molecule has 2 heterocycles. The first-order chi connectivity index (χ1) is 12.0. The Morgan fingerprint density at radius 1 is 1.40 bits per heavy atom. The first-order valence-corrected chi connectivity index (χ1v) is 8.73. The van der Waals surface area contributed by atoms with Crippen LogP contribution in [0.15, 0.2) is 18.5 Å². The zero-order valence-electron chi connectivity index (χ0n) is 14.8. The van der Waals surface area contributed by atoms with E-state index in [1.807, 2.05) is 14.1 Å². The van der Waals surface area contributed by atoms with Crippen LogP contribution in [0.2, 0.25) is 0 Å². The van der Waals surface area contributed by atoms with E-state index in [-0.39, 0.29) is 17.6 Å². The van der Waals surface area contributed by atoms with E-state index in [9.17, 15) is 9.18 Å². The molecule has 0 saturated carbocycles. The van der Waals surface area contributed by atoms with Crippen molar-refractivity contribution in [2.24, 2.45) is 0 Å². The van der Waals surface area contributed by atoms with Gasteiger partial charge in [0.2, 0.25) is 0 Å². The number of halogens is 1. The van der Waals surface area contributed by atoms with Gasteiger partial charge in [-0.1, -0.05) is 0 Å². The van der Waals surface area contributed by atoms with Gasteiger partial charge in [-0.2, -0.15) is 0 Å². The van der Waals surface area contributed by atoms with E-state index in [2.05, 4.69) is 14.9 Å². The number of piperidine rings is 1. The molecule has 0 bridgehead atoms. The third kappa shape index (κ3) is 4.35. The van der Waals surface area contributed by atoms with Crippen LogP contribution in [-0.4, -0.2) is 72.1 Å². The largest absolute Gasteiger partial charge is 0.378 e. The molecule has 1 saturated heterocycles. The monoisotopic (exact) mass is 348 g/mol. The van der Waals surface area contributed by atoms with Gasteiger partial charge in [0.25, 0.3) is 5.91 Å². The molecule has 2 aromatic rings. The molecule has 6 nitrogen and oxygen atoms in total. The fourth-order valence-electron chi connectivity index (χ4n) is 3.15. The Kier molecular flexibility index (Phi) is 5.65. The van der Waals surface area contributed by atoms with Crippen LogP contribution in [0.25, 0.3) is 11.0 Å². The molecule has 0 aliphatic carbocycles. The van der Waals surface area contributed by atoms with E-state index in [1.54, 1.807) is 4.90 Å². The summed E-state index contributed by atoms with van der Waals surface area (Å²) in [6.45, 7) is 2.93.